The summed E-state index contributed by atoms with van der Waals surface area (Å²) in [6.07, 6.45) is -1.68. The SMILES string of the molecule is OC[C@H]1OC[C@H](Oc2nc3nc(-c4ccc(N5CC[C@H](F)C5)cc4)c(Cl)cc3[nH]2)C[C@@H]1O. The number of fused-ring (bicyclic) bond motifs is 1. The van der Waals surface area contributed by atoms with Crippen molar-refractivity contribution in [3.63, 3.8) is 0 Å². The zero-order valence-corrected chi connectivity index (χ0v) is 18.0. The Balaban J connectivity index is 1.33. The first-order valence-electron chi connectivity index (χ1n) is 10.6. The zero-order valence-electron chi connectivity index (χ0n) is 17.2. The predicted octanol–water partition coefficient (Wildman–Crippen LogP) is 2.72. The first-order chi connectivity index (χ1) is 15.5. The smallest absolute Gasteiger partial charge is 0.296 e. The minimum absolute atomic E-state index is 0.237. The third-order valence-corrected chi connectivity index (χ3v) is 6.22. The third kappa shape index (κ3) is 4.25. The number of halogens is 2. The number of imidazole rings is 1. The van der Waals surface area contributed by atoms with Crippen LogP contribution in [0.1, 0.15) is 12.8 Å². The van der Waals surface area contributed by atoms with Crippen LogP contribution in [0.15, 0.2) is 30.3 Å². The van der Waals surface area contributed by atoms with Gasteiger partial charge in [-0.05, 0) is 24.6 Å². The van der Waals surface area contributed by atoms with E-state index in [9.17, 15) is 14.6 Å². The first-order valence-corrected chi connectivity index (χ1v) is 11.0. The molecule has 2 saturated heterocycles. The number of aliphatic hydroxyl groups is 2. The molecule has 0 radical (unpaired) electrons. The summed E-state index contributed by atoms with van der Waals surface area (Å²) < 4.78 is 24.7. The van der Waals surface area contributed by atoms with Gasteiger partial charge in [-0.2, -0.15) is 4.98 Å². The largest absolute Gasteiger partial charge is 0.459 e. The molecule has 4 heterocycles. The molecule has 2 aliphatic rings. The summed E-state index contributed by atoms with van der Waals surface area (Å²) in [5.74, 6) is 0. The number of H-pyrrole nitrogens is 1. The molecule has 3 aromatic rings. The highest BCUT2D eigenvalue weighted by atomic mass is 35.5. The van der Waals surface area contributed by atoms with Crippen LogP contribution < -0.4 is 9.64 Å². The van der Waals surface area contributed by atoms with E-state index in [1.807, 2.05) is 29.2 Å². The van der Waals surface area contributed by atoms with Gasteiger partial charge in [-0.15, -0.1) is 0 Å². The minimum Gasteiger partial charge on any atom is -0.459 e. The van der Waals surface area contributed by atoms with Gasteiger partial charge in [0.05, 0.1) is 35.6 Å². The molecule has 0 aliphatic carbocycles. The van der Waals surface area contributed by atoms with E-state index in [4.69, 9.17) is 21.1 Å². The highest BCUT2D eigenvalue weighted by Gasteiger charge is 2.31. The molecular formula is C22H24ClFN4O4. The van der Waals surface area contributed by atoms with Gasteiger partial charge in [-0.25, -0.2) is 9.37 Å². The number of hydrogen-bond donors (Lipinski definition) is 3. The Hall–Kier alpha value is -2.46. The number of aliphatic hydroxyl groups excluding tert-OH is 2. The van der Waals surface area contributed by atoms with Gasteiger partial charge in [-0.3, -0.25) is 0 Å². The highest BCUT2D eigenvalue weighted by Crippen LogP contribution is 2.32. The van der Waals surface area contributed by atoms with Crippen molar-refractivity contribution in [1.82, 2.24) is 15.0 Å². The summed E-state index contributed by atoms with van der Waals surface area (Å²) in [6.45, 7) is 1.14. The summed E-state index contributed by atoms with van der Waals surface area (Å²) in [6, 6.07) is 9.74. The molecule has 0 bridgehead atoms. The number of benzene rings is 1. The Kier molecular flexibility index (Phi) is 5.90. The molecule has 4 atom stereocenters. The molecule has 1 aromatic carbocycles. The lowest BCUT2D eigenvalue weighted by atomic mass is 10.0. The second-order valence-corrected chi connectivity index (χ2v) is 8.62. The summed E-state index contributed by atoms with van der Waals surface area (Å²) in [5, 5.41) is 19.7. The fraction of sp³-hybridized carbons (Fsp3) is 0.455. The van der Waals surface area contributed by atoms with Crippen LogP contribution in [0.4, 0.5) is 10.1 Å². The average Bonchev–Trinajstić information content (AvgIpc) is 3.38. The van der Waals surface area contributed by atoms with E-state index < -0.39 is 24.5 Å². The quantitative estimate of drug-likeness (QED) is 0.535. The lowest BCUT2D eigenvalue weighted by Gasteiger charge is -2.31. The first kappa shape index (κ1) is 21.4. The number of aromatic nitrogens is 3. The maximum Gasteiger partial charge on any atom is 0.296 e. The number of hydrogen-bond acceptors (Lipinski definition) is 7. The fourth-order valence-corrected chi connectivity index (χ4v) is 4.44. The van der Waals surface area contributed by atoms with Gasteiger partial charge in [-0.1, -0.05) is 23.7 Å². The molecule has 5 rings (SSSR count). The number of anilines is 1. The Bertz CT molecular complexity index is 1100. The Labute approximate surface area is 189 Å². The molecule has 2 aromatic heterocycles. The Morgan fingerprint density at radius 3 is 2.78 bits per heavy atom. The van der Waals surface area contributed by atoms with Crippen molar-refractivity contribution in [1.29, 1.82) is 0 Å². The molecule has 2 aliphatic heterocycles. The lowest BCUT2D eigenvalue weighted by Crippen LogP contribution is -2.45. The van der Waals surface area contributed by atoms with E-state index in [0.29, 0.717) is 47.8 Å². The molecule has 10 heteroatoms. The minimum atomic E-state index is -0.804. The van der Waals surface area contributed by atoms with Crippen molar-refractivity contribution in [2.75, 3.05) is 31.2 Å². The van der Waals surface area contributed by atoms with Crippen LogP contribution in [0.2, 0.25) is 5.02 Å². The molecule has 3 N–H and O–H groups in total. The second kappa shape index (κ2) is 8.82. The summed E-state index contributed by atoms with van der Waals surface area (Å²) in [4.78, 5) is 14.1. The summed E-state index contributed by atoms with van der Waals surface area (Å²) >= 11 is 6.49. The van der Waals surface area contributed by atoms with Gasteiger partial charge in [0, 0.05) is 30.8 Å². The number of aromatic amines is 1. The molecule has 0 amide bonds. The fourth-order valence-electron chi connectivity index (χ4n) is 4.18. The van der Waals surface area contributed by atoms with E-state index in [-0.39, 0.29) is 19.2 Å². The van der Waals surface area contributed by atoms with Crippen LogP contribution in [-0.2, 0) is 4.74 Å². The molecule has 2 fully saturated rings. The lowest BCUT2D eigenvalue weighted by molar-refractivity contribution is -0.131. The molecule has 0 saturated carbocycles. The average molecular weight is 463 g/mol. The topological polar surface area (TPSA) is 104 Å². The molecule has 170 valence electrons. The van der Waals surface area contributed by atoms with Crippen LogP contribution in [-0.4, -0.2) is 76.0 Å². The number of ether oxygens (including phenoxy) is 2. The van der Waals surface area contributed by atoms with Crippen LogP contribution in [0.5, 0.6) is 6.01 Å². The normalized spacial score (nSPS) is 26.1. The maximum atomic E-state index is 13.5. The number of nitrogens with one attached hydrogen (secondary N) is 1. The van der Waals surface area contributed by atoms with Gasteiger partial charge < -0.3 is 29.6 Å². The number of alkyl halides is 1. The number of nitrogens with zero attached hydrogens (tertiary/aromatic N) is 3. The van der Waals surface area contributed by atoms with Gasteiger partial charge in [0.25, 0.3) is 6.01 Å². The van der Waals surface area contributed by atoms with Crippen molar-refractivity contribution in [3.05, 3.63) is 35.4 Å². The van der Waals surface area contributed by atoms with Crippen LogP contribution >= 0.6 is 11.6 Å². The maximum absolute atomic E-state index is 13.5. The standard InChI is InChI=1S/C22H24ClFN4O4/c23-16-8-17-21(27-22(25-17)32-15-7-18(30)19(10-29)31-11-15)26-20(16)12-1-3-14(4-2-12)28-6-5-13(24)9-28/h1-4,8,13,15,18-19,29-30H,5-7,9-11H2,(H,25,26,27)/t13-,15+,18-,19+/m0/s1. The summed E-state index contributed by atoms with van der Waals surface area (Å²) in [5.41, 5.74) is 3.48. The molecule has 32 heavy (non-hydrogen) atoms. The second-order valence-electron chi connectivity index (χ2n) is 8.21. The van der Waals surface area contributed by atoms with Crippen molar-refractivity contribution in [2.24, 2.45) is 0 Å². The highest BCUT2D eigenvalue weighted by molar-refractivity contribution is 6.33. The molecule has 8 nitrogen and oxygen atoms in total. The van der Waals surface area contributed by atoms with Crippen LogP contribution in [0.3, 0.4) is 0 Å². The van der Waals surface area contributed by atoms with Crippen molar-refractivity contribution >= 4 is 28.5 Å². The summed E-state index contributed by atoms with van der Waals surface area (Å²) in [7, 11) is 0. The molecule has 0 spiro atoms. The molecule has 0 unspecified atom stereocenters. The Morgan fingerprint density at radius 2 is 2.09 bits per heavy atom. The predicted molar refractivity (Wildman–Crippen MR) is 118 cm³/mol. The van der Waals surface area contributed by atoms with Gasteiger partial charge >= 0.3 is 0 Å². The van der Waals surface area contributed by atoms with Gasteiger partial charge in [0.2, 0.25) is 0 Å². The van der Waals surface area contributed by atoms with Gasteiger partial charge in [0.15, 0.2) is 5.65 Å². The van der Waals surface area contributed by atoms with Crippen LogP contribution in [0, 0.1) is 0 Å². The van der Waals surface area contributed by atoms with E-state index in [1.54, 1.807) is 6.07 Å². The Morgan fingerprint density at radius 1 is 1.28 bits per heavy atom. The molecular weight excluding hydrogens is 439 g/mol. The third-order valence-electron chi connectivity index (χ3n) is 5.93. The number of rotatable bonds is 5. The number of pyridine rings is 1. The van der Waals surface area contributed by atoms with Crippen LogP contribution in [0.25, 0.3) is 22.4 Å². The van der Waals surface area contributed by atoms with E-state index >= 15 is 0 Å². The monoisotopic (exact) mass is 462 g/mol. The van der Waals surface area contributed by atoms with E-state index in [1.165, 1.54) is 0 Å². The van der Waals surface area contributed by atoms with Crippen molar-refractivity contribution in [3.8, 4) is 17.3 Å². The van der Waals surface area contributed by atoms with E-state index in [0.717, 1.165) is 11.3 Å². The zero-order chi connectivity index (χ0) is 22.2. The van der Waals surface area contributed by atoms with Crippen molar-refractivity contribution < 1.29 is 24.1 Å². The van der Waals surface area contributed by atoms with Crippen molar-refractivity contribution in [2.45, 2.75) is 37.3 Å². The van der Waals surface area contributed by atoms with Gasteiger partial charge in [0.1, 0.15) is 18.4 Å². The van der Waals surface area contributed by atoms with E-state index in [2.05, 4.69) is 15.0 Å².